The highest BCUT2D eigenvalue weighted by molar-refractivity contribution is 6.91. The predicted molar refractivity (Wildman–Crippen MR) is 209 cm³/mol. The van der Waals surface area contributed by atoms with Crippen molar-refractivity contribution in [2.75, 3.05) is 36.2 Å². The summed E-state index contributed by atoms with van der Waals surface area (Å²) >= 11 is 0. The fourth-order valence-electron chi connectivity index (χ4n) is 9.00. The number of likely N-dealkylation sites (tertiary alicyclic amines) is 1. The van der Waals surface area contributed by atoms with Gasteiger partial charge in [0.2, 0.25) is 5.91 Å². The summed E-state index contributed by atoms with van der Waals surface area (Å²) in [4.78, 5) is 46.3. The number of hydrogen-bond acceptors (Lipinski definition) is 7. The number of carbonyl (C=O) groups is 3. The number of anilines is 3. The second kappa shape index (κ2) is 14.5. The maximum Gasteiger partial charge on any atom is 0.264 e. The molecule has 1 spiro atoms. The van der Waals surface area contributed by atoms with E-state index in [2.05, 4.69) is 37.5 Å². The molecule has 4 aromatic carbocycles. The van der Waals surface area contributed by atoms with Crippen molar-refractivity contribution in [1.29, 1.82) is 0 Å². The van der Waals surface area contributed by atoms with Gasteiger partial charge in [0, 0.05) is 35.0 Å². The average molecular weight is 733 g/mol. The van der Waals surface area contributed by atoms with Crippen LogP contribution in [0.25, 0.3) is 0 Å². The molecule has 7 rings (SSSR count). The summed E-state index contributed by atoms with van der Waals surface area (Å²) in [5, 5.41) is 14.3. The van der Waals surface area contributed by atoms with Crippen molar-refractivity contribution in [3.63, 3.8) is 0 Å². The van der Waals surface area contributed by atoms with Crippen molar-refractivity contribution in [2.45, 2.75) is 69.1 Å². The third-order valence-corrected chi connectivity index (χ3v) is 16.1. The molecule has 2 fully saturated rings. The lowest BCUT2D eigenvalue weighted by Gasteiger charge is -2.37. The molecule has 2 saturated heterocycles. The highest BCUT2D eigenvalue weighted by Gasteiger charge is 2.66. The Kier molecular flexibility index (Phi) is 9.92. The Labute approximate surface area is 311 Å². The van der Waals surface area contributed by atoms with Gasteiger partial charge in [-0.15, -0.1) is 0 Å². The lowest BCUT2D eigenvalue weighted by atomic mass is 9.82. The number of fused-ring (bicyclic) bond motifs is 2. The van der Waals surface area contributed by atoms with Crippen LogP contribution in [0.15, 0.2) is 97.1 Å². The fraction of sp³-hybridized carbons (Fsp3) is 0.357. The SMILES string of the molecule is COc1ccc([Si](C)(C)[C@@H]2[C@@H](CC(=O)N3CCC[C@H]3CO)O[C@]3(C(=O)N(Cc4ccccc4)c4ccc(NC(=O)c5ccc(N)cc5)cc43)[C@H]2C)cc1. The maximum absolute atomic E-state index is 15.2. The summed E-state index contributed by atoms with van der Waals surface area (Å²) in [6, 6.07) is 30.0. The highest BCUT2D eigenvalue weighted by atomic mass is 28.3. The van der Waals surface area contributed by atoms with E-state index in [0.29, 0.717) is 41.3 Å². The zero-order chi connectivity index (χ0) is 37.5. The minimum atomic E-state index is -2.52. The Morgan fingerprint density at radius 2 is 1.74 bits per heavy atom. The minimum Gasteiger partial charge on any atom is -0.497 e. The van der Waals surface area contributed by atoms with Crippen LogP contribution in [0.5, 0.6) is 5.75 Å². The van der Waals surface area contributed by atoms with Gasteiger partial charge in [-0.05, 0) is 78.5 Å². The number of aliphatic hydroxyl groups is 1. The number of carbonyl (C=O) groups excluding carboxylic acids is 3. The number of nitrogens with two attached hydrogens (primary N) is 1. The van der Waals surface area contributed by atoms with Crippen molar-refractivity contribution < 1.29 is 29.0 Å². The highest BCUT2D eigenvalue weighted by Crippen LogP contribution is 2.60. The first-order valence-corrected chi connectivity index (χ1v) is 21.5. The van der Waals surface area contributed by atoms with Gasteiger partial charge in [-0.1, -0.05) is 67.7 Å². The Balaban J connectivity index is 1.33. The molecule has 0 radical (unpaired) electrons. The number of methoxy groups -OCH3 is 1. The standard InChI is InChI=1S/C42H48N4O6Si/c1-27-39(53(3,4)34-19-17-33(51-2)18-20-34)37(24-38(48)45-22-8-11-32(45)26-47)52-42(27)35-23-31(44-40(49)29-12-14-30(43)15-13-29)16-21-36(35)46(41(42)50)25-28-9-6-5-7-10-28/h5-7,9-10,12-21,23,27,32,37,39,47H,8,11,22,24-26,43H2,1-4H3,(H,44,49)/t27-,32-,37+,39-,42+/m0/s1. The molecular formula is C42H48N4O6Si. The van der Waals surface area contributed by atoms with E-state index in [1.807, 2.05) is 60.7 Å². The summed E-state index contributed by atoms with van der Waals surface area (Å²) in [5.74, 6) is -0.141. The summed E-state index contributed by atoms with van der Waals surface area (Å²) in [6.07, 6.45) is 1.11. The van der Waals surface area contributed by atoms with Crippen molar-refractivity contribution in [1.82, 2.24) is 4.90 Å². The molecule has 4 N–H and O–H groups in total. The number of rotatable bonds is 10. The number of aliphatic hydroxyl groups excluding tert-OH is 1. The van der Waals surface area contributed by atoms with E-state index in [-0.39, 0.29) is 48.3 Å². The Morgan fingerprint density at radius 1 is 1.02 bits per heavy atom. The van der Waals surface area contributed by atoms with Crippen LogP contribution in [0.1, 0.15) is 47.7 Å². The van der Waals surface area contributed by atoms with Crippen LogP contribution >= 0.6 is 0 Å². The lowest BCUT2D eigenvalue weighted by molar-refractivity contribution is -0.150. The number of ether oxygens (including phenoxy) is 2. The molecule has 0 aromatic heterocycles. The van der Waals surface area contributed by atoms with E-state index in [0.717, 1.165) is 24.2 Å². The van der Waals surface area contributed by atoms with Crippen LogP contribution in [0.3, 0.4) is 0 Å². The van der Waals surface area contributed by atoms with Crippen LogP contribution in [0, 0.1) is 5.92 Å². The van der Waals surface area contributed by atoms with Gasteiger partial charge >= 0.3 is 0 Å². The molecule has 11 heteroatoms. The molecule has 5 atom stereocenters. The predicted octanol–water partition coefficient (Wildman–Crippen LogP) is 5.67. The third-order valence-electron chi connectivity index (χ3n) is 11.7. The van der Waals surface area contributed by atoms with E-state index in [1.165, 1.54) is 5.19 Å². The van der Waals surface area contributed by atoms with Crippen molar-refractivity contribution in [3.8, 4) is 5.75 Å². The van der Waals surface area contributed by atoms with Crippen molar-refractivity contribution >= 4 is 48.0 Å². The van der Waals surface area contributed by atoms with Gasteiger partial charge in [-0.25, -0.2) is 0 Å². The number of nitrogen functional groups attached to an aromatic ring is 1. The van der Waals surface area contributed by atoms with Gasteiger partial charge in [-0.3, -0.25) is 14.4 Å². The van der Waals surface area contributed by atoms with Gasteiger partial charge < -0.3 is 35.4 Å². The van der Waals surface area contributed by atoms with Gasteiger partial charge in [0.15, 0.2) is 5.60 Å². The van der Waals surface area contributed by atoms with Crippen LogP contribution < -0.4 is 25.9 Å². The van der Waals surface area contributed by atoms with Gasteiger partial charge in [0.1, 0.15) is 5.75 Å². The van der Waals surface area contributed by atoms with Crippen LogP contribution in [-0.4, -0.2) is 68.2 Å². The normalized spacial score (nSPS) is 23.8. The smallest absolute Gasteiger partial charge is 0.264 e. The summed E-state index contributed by atoms with van der Waals surface area (Å²) in [6.45, 7) is 7.50. The zero-order valence-corrected chi connectivity index (χ0v) is 31.7. The monoisotopic (exact) mass is 732 g/mol. The second-order valence-corrected chi connectivity index (χ2v) is 19.8. The molecule has 0 aliphatic carbocycles. The Morgan fingerprint density at radius 3 is 2.42 bits per heavy atom. The first-order valence-electron chi connectivity index (χ1n) is 18.4. The molecule has 0 unspecified atom stereocenters. The fourth-order valence-corrected chi connectivity index (χ4v) is 13.0. The topological polar surface area (TPSA) is 134 Å². The van der Waals surface area contributed by atoms with Gasteiger partial charge in [0.25, 0.3) is 11.8 Å². The summed E-state index contributed by atoms with van der Waals surface area (Å²) < 4.78 is 12.7. The van der Waals surface area contributed by atoms with E-state index < -0.39 is 19.8 Å². The van der Waals surface area contributed by atoms with E-state index >= 15 is 4.79 Å². The second-order valence-electron chi connectivity index (χ2n) is 15.1. The number of benzene rings is 4. The maximum atomic E-state index is 15.2. The zero-order valence-electron chi connectivity index (χ0n) is 30.7. The molecule has 276 valence electrons. The van der Waals surface area contributed by atoms with Gasteiger partial charge in [-0.2, -0.15) is 0 Å². The average Bonchev–Trinajstić information content (AvgIpc) is 3.83. The van der Waals surface area contributed by atoms with E-state index in [9.17, 15) is 14.7 Å². The molecule has 53 heavy (non-hydrogen) atoms. The first-order chi connectivity index (χ1) is 25.5. The summed E-state index contributed by atoms with van der Waals surface area (Å²) in [5.41, 5.74) is 8.19. The van der Waals surface area contributed by atoms with Crippen LogP contribution in [0.2, 0.25) is 18.6 Å². The molecule has 3 aliphatic rings. The minimum absolute atomic E-state index is 0.0725. The number of nitrogens with zero attached hydrogens (tertiary/aromatic N) is 2. The molecule has 10 nitrogen and oxygen atoms in total. The molecule has 4 aromatic rings. The molecule has 3 amide bonds. The van der Waals surface area contributed by atoms with E-state index in [4.69, 9.17) is 15.2 Å². The molecule has 3 heterocycles. The Bertz CT molecular complexity index is 1990. The summed E-state index contributed by atoms with van der Waals surface area (Å²) in [7, 11) is -0.877. The lowest BCUT2D eigenvalue weighted by Crippen LogP contribution is -2.52. The largest absolute Gasteiger partial charge is 0.497 e. The molecule has 0 bridgehead atoms. The van der Waals surface area contributed by atoms with Crippen molar-refractivity contribution in [2.24, 2.45) is 5.92 Å². The first kappa shape index (κ1) is 36.4. The number of amides is 3. The third kappa shape index (κ3) is 6.51. The van der Waals surface area contributed by atoms with Crippen molar-refractivity contribution in [3.05, 3.63) is 114 Å². The number of hydrogen-bond donors (Lipinski definition) is 3. The van der Waals surface area contributed by atoms with E-state index in [1.54, 1.807) is 41.2 Å². The Hall–Kier alpha value is -4.97. The number of nitrogens with one attached hydrogen (secondary N) is 1. The molecule has 3 aliphatic heterocycles. The van der Waals surface area contributed by atoms with Gasteiger partial charge in [0.05, 0.1) is 52.6 Å². The quantitative estimate of drug-likeness (QED) is 0.141. The molecular weight excluding hydrogens is 685 g/mol. The van der Waals surface area contributed by atoms with Crippen LogP contribution in [-0.2, 0) is 26.5 Å². The molecule has 0 saturated carbocycles. The van der Waals surface area contributed by atoms with Crippen LogP contribution in [0.4, 0.5) is 17.1 Å².